The van der Waals surface area contributed by atoms with E-state index in [0.29, 0.717) is 11.4 Å². The van der Waals surface area contributed by atoms with Crippen LogP contribution in [0.2, 0.25) is 0 Å². The molecule has 274 valence electrons. The Labute approximate surface area is 320 Å². The number of pyridine rings is 2. The fraction of sp³-hybridized carbons (Fsp3) is 0.286. The van der Waals surface area contributed by atoms with Crippen LogP contribution in [0.25, 0.3) is 61.8 Å². The quantitative estimate of drug-likeness (QED) is 0.179. The lowest BCUT2D eigenvalue weighted by molar-refractivity contribution is 0.446. The predicted molar refractivity (Wildman–Crippen MR) is 226 cm³/mol. The smallest absolute Gasteiger partial charge is 0.165 e. The highest BCUT2D eigenvalue weighted by molar-refractivity contribution is 5.95. The van der Waals surface area contributed by atoms with Gasteiger partial charge in [-0.25, -0.2) is 9.97 Å². The van der Waals surface area contributed by atoms with Crippen LogP contribution in [-0.2, 0) is 10.8 Å². The van der Waals surface area contributed by atoms with Crippen molar-refractivity contribution in [3.8, 4) is 56.3 Å². The molecule has 0 fully saturated rings. The summed E-state index contributed by atoms with van der Waals surface area (Å²) in [6.07, 6.45) is 3.77. The molecule has 0 radical (unpaired) electrons. The number of hydrogen-bond donors (Lipinski definition) is 1. The summed E-state index contributed by atoms with van der Waals surface area (Å²) < 4.78 is 2.23. The van der Waals surface area contributed by atoms with Crippen LogP contribution in [0.3, 0.4) is 0 Å². The number of fused-ring (bicyclic) bond motifs is 1. The number of hydrogen-bond acceptors (Lipinski definition) is 4. The van der Waals surface area contributed by atoms with E-state index in [1.807, 2.05) is 18.5 Å². The number of benzene rings is 4. The highest BCUT2D eigenvalue weighted by Crippen LogP contribution is 2.45. The molecule has 3 heterocycles. The third kappa shape index (κ3) is 6.84. The Kier molecular flexibility index (Phi) is 9.55. The molecule has 3 aromatic heterocycles. The molecule has 0 aliphatic rings. The molecule has 0 saturated heterocycles. The zero-order chi connectivity index (χ0) is 38.5. The molecule has 0 spiro atoms. The molecule has 7 aromatic rings. The van der Waals surface area contributed by atoms with Gasteiger partial charge in [-0.2, -0.15) is 0 Å². The molecule has 7 rings (SSSR count). The summed E-state index contributed by atoms with van der Waals surface area (Å²) in [4.78, 5) is 15.4. The first-order valence-corrected chi connectivity index (χ1v) is 19.1. The number of imidazole rings is 1. The van der Waals surface area contributed by atoms with Gasteiger partial charge in [-0.05, 0) is 86.4 Å². The Morgan fingerprint density at radius 1 is 0.574 bits per heavy atom. The Hall–Kier alpha value is -5.55. The summed E-state index contributed by atoms with van der Waals surface area (Å²) in [7, 11) is 0. The second-order valence-corrected chi connectivity index (χ2v) is 17.2. The number of aromatic hydroxyl groups is 1. The number of aromatic nitrogens is 4. The van der Waals surface area contributed by atoms with Crippen LogP contribution < -0.4 is 0 Å². The van der Waals surface area contributed by atoms with Gasteiger partial charge < -0.3 is 5.11 Å². The highest BCUT2D eigenvalue weighted by Gasteiger charge is 2.30. The van der Waals surface area contributed by atoms with Crippen LogP contribution in [0.1, 0.15) is 103 Å². The molecule has 0 unspecified atom stereocenters. The van der Waals surface area contributed by atoms with Gasteiger partial charge in [-0.1, -0.05) is 142 Å². The Balaban J connectivity index is 1.53. The molecule has 0 amide bonds. The third-order valence-electron chi connectivity index (χ3n) is 10.5. The van der Waals surface area contributed by atoms with Crippen LogP contribution in [0.15, 0.2) is 116 Å². The van der Waals surface area contributed by atoms with Gasteiger partial charge in [0, 0.05) is 29.1 Å². The molecular formula is C49H52N4O. The minimum absolute atomic E-state index is 0.159. The van der Waals surface area contributed by atoms with Gasteiger partial charge in [-0.3, -0.25) is 9.55 Å². The number of para-hydroxylation sites is 1. The van der Waals surface area contributed by atoms with E-state index in [1.165, 1.54) is 11.1 Å². The Bertz CT molecular complexity index is 2450. The van der Waals surface area contributed by atoms with Crippen molar-refractivity contribution in [3.05, 3.63) is 138 Å². The van der Waals surface area contributed by atoms with Gasteiger partial charge in [0.2, 0.25) is 0 Å². The predicted octanol–water partition coefficient (Wildman–Crippen LogP) is 13.0. The molecule has 4 aromatic carbocycles. The Morgan fingerprint density at radius 2 is 1.20 bits per heavy atom. The molecule has 54 heavy (non-hydrogen) atoms. The molecule has 0 atom stereocenters. The maximum absolute atomic E-state index is 12.3. The van der Waals surface area contributed by atoms with Crippen molar-refractivity contribution in [3.63, 3.8) is 0 Å². The van der Waals surface area contributed by atoms with Gasteiger partial charge in [0.15, 0.2) is 11.5 Å². The lowest BCUT2D eigenvalue weighted by Gasteiger charge is -2.28. The average Bonchev–Trinajstić information content (AvgIpc) is 3.53. The average molecular weight is 713 g/mol. The van der Waals surface area contributed by atoms with E-state index in [9.17, 15) is 5.11 Å². The van der Waals surface area contributed by atoms with Gasteiger partial charge in [0.05, 0.1) is 16.9 Å². The number of phenols is 1. The molecule has 5 nitrogen and oxygen atoms in total. The maximum atomic E-state index is 12.3. The molecule has 0 saturated carbocycles. The van der Waals surface area contributed by atoms with Crippen LogP contribution in [0, 0.1) is 0 Å². The lowest BCUT2D eigenvalue weighted by atomic mass is 9.79. The lowest BCUT2D eigenvalue weighted by Crippen LogP contribution is -2.17. The third-order valence-corrected chi connectivity index (χ3v) is 10.5. The monoisotopic (exact) mass is 712 g/mol. The summed E-state index contributed by atoms with van der Waals surface area (Å²) in [6, 6.07) is 36.1. The van der Waals surface area contributed by atoms with Crippen molar-refractivity contribution in [1.29, 1.82) is 0 Å². The van der Waals surface area contributed by atoms with E-state index in [2.05, 4.69) is 171 Å². The first kappa shape index (κ1) is 36.8. The van der Waals surface area contributed by atoms with Gasteiger partial charge in [0.25, 0.3) is 0 Å². The van der Waals surface area contributed by atoms with Crippen molar-refractivity contribution >= 4 is 11.2 Å². The van der Waals surface area contributed by atoms with E-state index in [0.717, 1.165) is 61.5 Å². The van der Waals surface area contributed by atoms with Crippen LogP contribution in [0.4, 0.5) is 0 Å². The number of rotatable bonds is 7. The summed E-state index contributed by atoms with van der Waals surface area (Å²) in [5.41, 5.74) is 13.5. The topological polar surface area (TPSA) is 63.8 Å². The van der Waals surface area contributed by atoms with Crippen LogP contribution >= 0.6 is 0 Å². The van der Waals surface area contributed by atoms with E-state index >= 15 is 0 Å². The minimum Gasteiger partial charge on any atom is -0.507 e. The molecule has 0 bridgehead atoms. The van der Waals surface area contributed by atoms with E-state index in [-0.39, 0.29) is 28.4 Å². The Morgan fingerprint density at radius 3 is 1.85 bits per heavy atom. The minimum atomic E-state index is -0.300. The van der Waals surface area contributed by atoms with E-state index in [1.54, 1.807) is 0 Å². The summed E-state index contributed by atoms with van der Waals surface area (Å²) in [6.45, 7) is 22.1. The highest BCUT2D eigenvalue weighted by atomic mass is 16.3. The number of nitrogens with zero attached hydrogens (tertiary/aromatic N) is 4. The summed E-state index contributed by atoms with van der Waals surface area (Å²) in [5, 5.41) is 12.3. The van der Waals surface area contributed by atoms with Gasteiger partial charge in [0.1, 0.15) is 11.3 Å². The molecule has 0 aliphatic heterocycles. The fourth-order valence-electron chi connectivity index (χ4n) is 7.42. The van der Waals surface area contributed by atoms with E-state index < -0.39 is 0 Å². The SMILES string of the molecule is CC(C)c1cccc(C(C)C)c1-n1c(-c2cc(C(C)(C)C)cc(C(C)(C)C)c2O)nc2c(-c3cccc(-c4cc(-c5ccccc5)ccn4)c3)ccnc21. The van der Waals surface area contributed by atoms with Crippen LogP contribution in [-0.4, -0.2) is 24.6 Å². The molecular weight excluding hydrogens is 661 g/mol. The van der Waals surface area contributed by atoms with E-state index in [4.69, 9.17) is 15.0 Å². The summed E-state index contributed by atoms with van der Waals surface area (Å²) >= 11 is 0. The van der Waals surface area contributed by atoms with Gasteiger partial charge in [-0.15, -0.1) is 0 Å². The van der Waals surface area contributed by atoms with Crippen molar-refractivity contribution in [1.82, 2.24) is 19.5 Å². The fourth-order valence-corrected chi connectivity index (χ4v) is 7.42. The second kappa shape index (κ2) is 14.0. The van der Waals surface area contributed by atoms with Crippen molar-refractivity contribution in [2.45, 2.75) is 91.9 Å². The molecule has 1 N–H and O–H groups in total. The van der Waals surface area contributed by atoms with Gasteiger partial charge >= 0.3 is 0 Å². The first-order chi connectivity index (χ1) is 25.6. The number of phenolic OH excluding ortho intramolecular Hbond substituents is 1. The standard InChI is InChI=1S/C49H52N4O/c1-30(2)37-20-15-21-38(31(3)4)44(37)53-46(40-28-36(48(5,6)7)29-41(45(40)54)49(8,9)10)52-43-39(23-25-51-47(43)53)34-18-14-19-35(26-34)42-27-33(22-24-50-42)32-16-12-11-13-17-32/h11-31,54H,1-10H3. The van der Waals surface area contributed by atoms with Crippen LogP contribution in [0.5, 0.6) is 5.75 Å². The zero-order valence-corrected chi connectivity index (χ0v) is 33.4. The van der Waals surface area contributed by atoms with Crippen molar-refractivity contribution in [2.24, 2.45) is 0 Å². The van der Waals surface area contributed by atoms with Crippen molar-refractivity contribution < 1.29 is 5.11 Å². The molecule has 5 heteroatoms. The normalized spacial score (nSPS) is 12.3. The zero-order valence-electron chi connectivity index (χ0n) is 33.4. The van der Waals surface area contributed by atoms with Crippen molar-refractivity contribution in [2.75, 3.05) is 0 Å². The maximum Gasteiger partial charge on any atom is 0.165 e. The molecule has 0 aliphatic carbocycles. The largest absolute Gasteiger partial charge is 0.507 e. The first-order valence-electron chi connectivity index (χ1n) is 19.1. The second-order valence-electron chi connectivity index (χ2n) is 17.2. The summed E-state index contributed by atoms with van der Waals surface area (Å²) in [5.74, 6) is 1.42.